The van der Waals surface area contributed by atoms with Crippen molar-refractivity contribution < 1.29 is 9.59 Å². The molecule has 2 aromatic carbocycles. The molecule has 0 aliphatic rings. The van der Waals surface area contributed by atoms with Crippen molar-refractivity contribution in [2.75, 3.05) is 16.8 Å². The largest absolute Gasteiger partial charge is 0.324 e. The monoisotopic (exact) mass is 360 g/mol. The number of aryl methyl sites for hydroxylation is 1. The van der Waals surface area contributed by atoms with Gasteiger partial charge in [-0.2, -0.15) is 0 Å². The number of hydrogen-bond acceptors (Lipinski definition) is 2. The lowest BCUT2D eigenvalue weighted by atomic mass is 10.2. The Labute approximate surface area is 138 Å². The first-order valence-corrected chi connectivity index (χ1v) is 7.66. The van der Waals surface area contributed by atoms with Gasteiger partial charge in [-0.25, -0.2) is 0 Å². The molecule has 0 saturated carbocycles. The number of amides is 2. The van der Waals surface area contributed by atoms with Gasteiger partial charge in [-0.1, -0.05) is 40.2 Å². The molecule has 0 spiro atoms. The predicted molar refractivity (Wildman–Crippen MR) is 92.0 cm³/mol. The van der Waals surface area contributed by atoms with Crippen LogP contribution in [-0.4, -0.2) is 18.4 Å². The van der Waals surface area contributed by atoms with Crippen LogP contribution in [0, 0.1) is 6.92 Å². The summed E-state index contributed by atoms with van der Waals surface area (Å²) in [5.74, 6) is -0.416. The molecule has 0 fully saturated rings. The predicted octanol–water partition coefficient (Wildman–Crippen LogP) is 3.75. The van der Waals surface area contributed by atoms with Crippen molar-refractivity contribution in [3.05, 3.63) is 58.6 Å². The van der Waals surface area contributed by atoms with E-state index in [1.54, 1.807) is 12.1 Å². The lowest BCUT2D eigenvalue weighted by Gasteiger charge is -2.20. The highest BCUT2D eigenvalue weighted by atomic mass is 79.9. The molecule has 0 aliphatic carbocycles. The molecule has 0 bridgehead atoms. The zero-order chi connectivity index (χ0) is 16.1. The van der Waals surface area contributed by atoms with Crippen LogP contribution in [0.1, 0.15) is 12.5 Å². The fourth-order valence-corrected chi connectivity index (χ4v) is 2.39. The van der Waals surface area contributed by atoms with Gasteiger partial charge in [0.05, 0.1) is 0 Å². The second-order valence-electron chi connectivity index (χ2n) is 4.95. The third-order valence-corrected chi connectivity index (χ3v) is 4.06. The summed E-state index contributed by atoms with van der Waals surface area (Å²) in [6.07, 6.45) is 0. The van der Waals surface area contributed by atoms with Crippen LogP contribution in [0.15, 0.2) is 53.0 Å². The number of para-hydroxylation sites is 1. The lowest BCUT2D eigenvalue weighted by Crippen LogP contribution is -2.36. The Balaban J connectivity index is 2.08. The van der Waals surface area contributed by atoms with E-state index in [0.29, 0.717) is 11.4 Å². The first-order chi connectivity index (χ1) is 10.5. The van der Waals surface area contributed by atoms with Crippen molar-refractivity contribution in [2.24, 2.45) is 0 Å². The van der Waals surface area contributed by atoms with E-state index in [-0.39, 0.29) is 18.4 Å². The normalized spacial score (nSPS) is 10.1. The maximum atomic E-state index is 12.2. The first kappa shape index (κ1) is 16.2. The number of rotatable bonds is 4. The van der Waals surface area contributed by atoms with Crippen molar-refractivity contribution in [2.45, 2.75) is 13.8 Å². The maximum absolute atomic E-state index is 12.2. The molecular formula is C17H17BrN2O2. The third-order valence-electron chi connectivity index (χ3n) is 3.21. The van der Waals surface area contributed by atoms with Crippen LogP contribution in [0.5, 0.6) is 0 Å². The van der Waals surface area contributed by atoms with E-state index in [1.807, 2.05) is 43.3 Å². The van der Waals surface area contributed by atoms with Gasteiger partial charge in [0.25, 0.3) is 0 Å². The van der Waals surface area contributed by atoms with Crippen LogP contribution in [0.25, 0.3) is 0 Å². The zero-order valence-electron chi connectivity index (χ0n) is 12.5. The Morgan fingerprint density at radius 2 is 1.82 bits per heavy atom. The summed E-state index contributed by atoms with van der Waals surface area (Å²) in [5.41, 5.74) is 2.49. The van der Waals surface area contributed by atoms with E-state index in [0.717, 1.165) is 10.0 Å². The molecule has 1 N–H and O–H groups in total. The van der Waals surface area contributed by atoms with Crippen molar-refractivity contribution in [3.63, 3.8) is 0 Å². The van der Waals surface area contributed by atoms with Gasteiger partial charge < -0.3 is 10.2 Å². The summed E-state index contributed by atoms with van der Waals surface area (Å²) in [6.45, 7) is 3.40. The molecular weight excluding hydrogens is 344 g/mol. The molecule has 0 saturated heterocycles. The van der Waals surface area contributed by atoms with E-state index >= 15 is 0 Å². The average molecular weight is 361 g/mol. The number of nitrogens with zero attached hydrogens (tertiary/aromatic N) is 1. The molecule has 2 amide bonds. The van der Waals surface area contributed by atoms with E-state index in [9.17, 15) is 9.59 Å². The fraction of sp³-hybridized carbons (Fsp3) is 0.176. The van der Waals surface area contributed by atoms with Gasteiger partial charge in [-0.15, -0.1) is 0 Å². The van der Waals surface area contributed by atoms with Crippen molar-refractivity contribution in [3.8, 4) is 0 Å². The highest BCUT2D eigenvalue weighted by Gasteiger charge is 2.15. The Hall–Kier alpha value is -2.14. The zero-order valence-corrected chi connectivity index (χ0v) is 14.1. The minimum atomic E-state index is -0.241. The van der Waals surface area contributed by atoms with Crippen molar-refractivity contribution in [1.82, 2.24) is 0 Å². The molecule has 0 aliphatic heterocycles. The molecule has 2 rings (SSSR count). The number of halogens is 1. The SMILES string of the molecule is CC(=O)N(CC(=O)Nc1ccc(C)c(Br)c1)c1ccccc1. The van der Waals surface area contributed by atoms with Crippen LogP contribution < -0.4 is 10.2 Å². The molecule has 22 heavy (non-hydrogen) atoms. The van der Waals surface area contributed by atoms with Gasteiger partial charge in [-0.05, 0) is 36.8 Å². The molecule has 0 aromatic heterocycles. The van der Waals surface area contributed by atoms with Crippen molar-refractivity contribution in [1.29, 1.82) is 0 Å². The molecule has 5 heteroatoms. The number of hydrogen-bond donors (Lipinski definition) is 1. The highest BCUT2D eigenvalue weighted by Crippen LogP contribution is 2.21. The van der Waals surface area contributed by atoms with Gasteiger partial charge in [-0.3, -0.25) is 9.59 Å². The lowest BCUT2D eigenvalue weighted by molar-refractivity contribution is -0.120. The minimum Gasteiger partial charge on any atom is -0.324 e. The Kier molecular flexibility index (Phi) is 5.33. The van der Waals surface area contributed by atoms with Gasteiger partial charge in [0.15, 0.2) is 0 Å². The molecule has 0 unspecified atom stereocenters. The third kappa shape index (κ3) is 4.18. The van der Waals surface area contributed by atoms with Crippen LogP contribution in [0.3, 0.4) is 0 Å². The number of nitrogens with one attached hydrogen (secondary N) is 1. The minimum absolute atomic E-state index is 0.0230. The highest BCUT2D eigenvalue weighted by molar-refractivity contribution is 9.10. The second-order valence-corrected chi connectivity index (χ2v) is 5.81. The summed E-state index contributed by atoms with van der Waals surface area (Å²) in [4.78, 5) is 25.4. The summed E-state index contributed by atoms with van der Waals surface area (Å²) >= 11 is 3.43. The van der Waals surface area contributed by atoms with Gasteiger partial charge in [0.2, 0.25) is 11.8 Å². The molecule has 4 nitrogen and oxygen atoms in total. The molecule has 0 heterocycles. The summed E-state index contributed by atoms with van der Waals surface area (Å²) in [6, 6.07) is 14.7. The summed E-state index contributed by atoms with van der Waals surface area (Å²) < 4.78 is 0.928. The molecule has 114 valence electrons. The van der Waals surface area contributed by atoms with Crippen LogP contribution in [-0.2, 0) is 9.59 Å². The first-order valence-electron chi connectivity index (χ1n) is 6.86. The van der Waals surface area contributed by atoms with Gasteiger partial charge in [0.1, 0.15) is 6.54 Å². The van der Waals surface area contributed by atoms with Gasteiger partial charge >= 0.3 is 0 Å². The standard InChI is InChI=1S/C17H17BrN2O2/c1-12-8-9-14(10-16(12)18)19-17(22)11-20(13(2)21)15-6-4-3-5-7-15/h3-10H,11H2,1-2H3,(H,19,22). The van der Waals surface area contributed by atoms with Crippen molar-refractivity contribution >= 4 is 39.1 Å². The van der Waals surface area contributed by atoms with Crippen LogP contribution >= 0.6 is 15.9 Å². The van der Waals surface area contributed by atoms with E-state index in [4.69, 9.17) is 0 Å². The van der Waals surface area contributed by atoms with Gasteiger partial charge in [0, 0.05) is 22.8 Å². The Morgan fingerprint density at radius 1 is 1.14 bits per heavy atom. The number of benzene rings is 2. The molecule has 0 radical (unpaired) electrons. The second kappa shape index (κ2) is 7.22. The number of anilines is 2. The van der Waals surface area contributed by atoms with E-state index < -0.39 is 0 Å². The fourth-order valence-electron chi connectivity index (χ4n) is 2.01. The topological polar surface area (TPSA) is 49.4 Å². The quantitative estimate of drug-likeness (QED) is 0.902. The summed E-state index contributed by atoms with van der Waals surface area (Å²) in [5, 5.41) is 2.80. The van der Waals surface area contributed by atoms with Crippen LogP contribution in [0.4, 0.5) is 11.4 Å². The number of carbonyl (C=O) groups excluding carboxylic acids is 2. The summed E-state index contributed by atoms with van der Waals surface area (Å²) in [7, 11) is 0. The van der Waals surface area contributed by atoms with E-state index in [2.05, 4.69) is 21.2 Å². The Morgan fingerprint density at radius 3 is 2.41 bits per heavy atom. The number of carbonyl (C=O) groups is 2. The smallest absolute Gasteiger partial charge is 0.244 e. The average Bonchev–Trinajstić information content (AvgIpc) is 2.49. The molecule has 0 atom stereocenters. The molecule has 2 aromatic rings. The van der Waals surface area contributed by atoms with Crippen LogP contribution in [0.2, 0.25) is 0 Å². The maximum Gasteiger partial charge on any atom is 0.244 e. The Bertz CT molecular complexity index is 686. The van der Waals surface area contributed by atoms with E-state index in [1.165, 1.54) is 11.8 Å².